The summed E-state index contributed by atoms with van der Waals surface area (Å²) in [6.45, 7) is 0. The second-order valence-corrected chi connectivity index (χ2v) is 7.46. The van der Waals surface area contributed by atoms with Crippen molar-refractivity contribution in [1.82, 2.24) is 0 Å². The van der Waals surface area contributed by atoms with Crippen molar-refractivity contribution in [2.24, 2.45) is 41.4 Å². The molecule has 0 amide bonds. The van der Waals surface area contributed by atoms with E-state index in [0.717, 1.165) is 23.5 Å². The van der Waals surface area contributed by atoms with Gasteiger partial charge in [0.05, 0.1) is 0 Å². The van der Waals surface area contributed by atoms with Gasteiger partial charge in [-0.25, -0.2) is 0 Å². The van der Waals surface area contributed by atoms with E-state index in [-0.39, 0.29) is 0 Å². The Kier molecular flexibility index (Phi) is 2.36. The van der Waals surface area contributed by atoms with Gasteiger partial charge in [-0.15, -0.1) is 0 Å². The number of thiol groups is 1. The molecule has 0 aliphatic heterocycles. The molecule has 4 aliphatic carbocycles. The first-order valence-corrected chi connectivity index (χ1v) is 8.12. The van der Waals surface area contributed by atoms with Crippen LogP contribution in [-0.4, -0.2) is 5.75 Å². The monoisotopic (exact) mass is 236 g/mol. The van der Waals surface area contributed by atoms with Gasteiger partial charge in [0.1, 0.15) is 0 Å². The second kappa shape index (κ2) is 3.67. The van der Waals surface area contributed by atoms with E-state index in [9.17, 15) is 0 Å². The summed E-state index contributed by atoms with van der Waals surface area (Å²) in [7, 11) is 0. The Labute approximate surface area is 105 Å². The van der Waals surface area contributed by atoms with Crippen molar-refractivity contribution >= 4 is 12.6 Å². The minimum absolute atomic E-state index is 1.11. The highest BCUT2D eigenvalue weighted by Crippen LogP contribution is 2.69. The van der Waals surface area contributed by atoms with Crippen molar-refractivity contribution in [1.29, 1.82) is 0 Å². The summed E-state index contributed by atoms with van der Waals surface area (Å²) in [4.78, 5) is 0. The predicted molar refractivity (Wildman–Crippen MR) is 70.6 cm³/mol. The first-order valence-electron chi connectivity index (χ1n) is 7.49. The molecule has 4 rings (SSSR count). The van der Waals surface area contributed by atoms with Gasteiger partial charge < -0.3 is 0 Å². The molecule has 4 aliphatic rings. The third-order valence-electron chi connectivity index (χ3n) is 6.60. The summed E-state index contributed by atoms with van der Waals surface area (Å²) in [5, 5.41) is 0. The van der Waals surface area contributed by atoms with Gasteiger partial charge >= 0.3 is 0 Å². The van der Waals surface area contributed by atoms with Crippen molar-refractivity contribution in [3.63, 3.8) is 0 Å². The molecule has 4 fully saturated rings. The van der Waals surface area contributed by atoms with Crippen LogP contribution in [-0.2, 0) is 0 Å². The van der Waals surface area contributed by atoms with E-state index >= 15 is 0 Å². The van der Waals surface area contributed by atoms with Crippen LogP contribution in [0.15, 0.2) is 0 Å². The Hall–Kier alpha value is 0.350. The maximum absolute atomic E-state index is 4.38. The average Bonchev–Trinajstić information content (AvgIpc) is 3.02. The van der Waals surface area contributed by atoms with E-state index in [4.69, 9.17) is 0 Å². The molecular weight excluding hydrogens is 212 g/mol. The van der Waals surface area contributed by atoms with Crippen LogP contribution in [0.3, 0.4) is 0 Å². The van der Waals surface area contributed by atoms with Crippen molar-refractivity contribution in [3.05, 3.63) is 0 Å². The Morgan fingerprint density at radius 2 is 1.69 bits per heavy atom. The minimum Gasteiger partial charge on any atom is -0.179 e. The molecular formula is C15H24S. The van der Waals surface area contributed by atoms with E-state index < -0.39 is 0 Å². The third-order valence-corrected chi connectivity index (χ3v) is 6.92. The summed E-state index contributed by atoms with van der Waals surface area (Å²) in [6, 6.07) is 0. The lowest BCUT2D eigenvalue weighted by molar-refractivity contribution is 0.101. The van der Waals surface area contributed by atoms with Crippen LogP contribution in [0.25, 0.3) is 0 Å². The van der Waals surface area contributed by atoms with Gasteiger partial charge in [-0.3, -0.25) is 0 Å². The number of hydrogen-bond acceptors (Lipinski definition) is 1. The predicted octanol–water partition coefficient (Wildman–Crippen LogP) is 4.01. The van der Waals surface area contributed by atoms with Gasteiger partial charge in [-0.05, 0) is 92.1 Å². The molecule has 1 heteroatoms. The fourth-order valence-electron chi connectivity index (χ4n) is 6.39. The smallest absolute Gasteiger partial charge is 0.00978 e. The van der Waals surface area contributed by atoms with Crippen LogP contribution in [0.4, 0.5) is 0 Å². The van der Waals surface area contributed by atoms with Crippen molar-refractivity contribution in [2.45, 2.75) is 44.9 Å². The zero-order valence-electron chi connectivity index (χ0n) is 10.1. The highest BCUT2D eigenvalue weighted by molar-refractivity contribution is 7.80. The van der Waals surface area contributed by atoms with Gasteiger partial charge in [0.25, 0.3) is 0 Å². The molecule has 0 heterocycles. The molecule has 0 nitrogen and oxygen atoms in total. The van der Waals surface area contributed by atoms with E-state index in [1.165, 1.54) is 36.5 Å². The number of hydrogen-bond donors (Lipinski definition) is 1. The molecule has 4 bridgehead atoms. The SMILES string of the molecule is SCCCC1CC2CC1C1C3CCC(C3)C21. The van der Waals surface area contributed by atoms with Crippen LogP contribution >= 0.6 is 12.6 Å². The average molecular weight is 236 g/mol. The molecule has 7 unspecified atom stereocenters. The Balaban J connectivity index is 1.52. The maximum atomic E-state index is 4.38. The molecule has 7 atom stereocenters. The van der Waals surface area contributed by atoms with Crippen molar-refractivity contribution in [3.8, 4) is 0 Å². The fourth-order valence-corrected chi connectivity index (χ4v) is 6.57. The van der Waals surface area contributed by atoms with Gasteiger partial charge in [0, 0.05) is 0 Å². The molecule has 0 aromatic carbocycles. The fraction of sp³-hybridized carbons (Fsp3) is 1.00. The highest BCUT2D eigenvalue weighted by Gasteiger charge is 2.61. The molecule has 4 saturated carbocycles. The van der Waals surface area contributed by atoms with Crippen LogP contribution in [0.2, 0.25) is 0 Å². The van der Waals surface area contributed by atoms with E-state index in [0.29, 0.717) is 0 Å². The highest BCUT2D eigenvalue weighted by atomic mass is 32.1. The van der Waals surface area contributed by atoms with Crippen molar-refractivity contribution < 1.29 is 0 Å². The first-order chi connectivity index (χ1) is 7.88. The van der Waals surface area contributed by atoms with E-state index in [1.54, 1.807) is 32.1 Å². The summed E-state index contributed by atoms with van der Waals surface area (Å²) in [6.07, 6.45) is 10.9. The Bertz CT molecular complexity index is 287. The van der Waals surface area contributed by atoms with Gasteiger partial charge in [-0.1, -0.05) is 0 Å². The van der Waals surface area contributed by atoms with Gasteiger partial charge in [0.15, 0.2) is 0 Å². The zero-order valence-corrected chi connectivity index (χ0v) is 11.0. The summed E-state index contributed by atoms with van der Waals surface area (Å²) < 4.78 is 0. The van der Waals surface area contributed by atoms with E-state index in [2.05, 4.69) is 12.6 Å². The summed E-state index contributed by atoms with van der Waals surface area (Å²) in [5.74, 6) is 9.28. The topological polar surface area (TPSA) is 0 Å². The van der Waals surface area contributed by atoms with Crippen molar-refractivity contribution in [2.75, 3.05) is 5.75 Å². The lowest BCUT2D eigenvalue weighted by atomic mass is 9.67. The van der Waals surface area contributed by atoms with Gasteiger partial charge in [0.2, 0.25) is 0 Å². The van der Waals surface area contributed by atoms with Crippen LogP contribution in [0, 0.1) is 41.4 Å². The number of fused-ring (bicyclic) bond motifs is 9. The summed E-state index contributed by atoms with van der Waals surface area (Å²) >= 11 is 4.38. The first kappa shape index (κ1) is 10.3. The minimum atomic E-state index is 1.11. The zero-order chi connectivity index (χ0) is 10.7. The molecule has 0 aromatic heterocycles. The summed E-state index contributed by atoms with van der Waals surface area (Å²) in [5.41, 5.74) is 0. The normalized spacial score (nSPS) is 57.2. The molecule has 90 valence electrons. The molecule has 0 aromatic rings. The second-order valence-electron chi connectivity index (χ2n) is 7.01. The van der Waals surface area contributed by atoms with Crippen LogP contribution in [0.1, 0.15) is 44.9 Å². The molecule has 0 radical (unpaired) electrons. The lowest BCUT2D eigenvalue weighted by Gasteiger charge is -2.38. The quantitative estimate of drug-likeness (QED) is 0.555. The molecule has 0 spiro atoms. The van der Waals surface area contributed by atoms with Gasteiger partial charge in [-0.2, -0.15) is 12.6 Å². The van der Waals surface area contributed by atoms with E-state index in [1.807, 2.05) is 0 Å². The standard InChI is InChI=1S/C15H24S/c16-5-1-2-9-6-12-8-13(9)15-11-4-3-10(7-11)14(12)15/h9-16H,1-8H2. The molecule has 0 saturated heterocycles. The lowest BCUT2D eigenvalue weighted by Crippen LogP contribution is -2.32. The van der Waals surface area contributed by atoms with Crippen LogP contribution < -0.4 is 0 Å². The Morgan fingerprint density at radius 3 is 2.50 bits per heavy atom. The third kappa shape index (κ3) is 1.24. The maximum Gasteiger partial charge on any atom is -0.00978 e. The largest absolute Gasteiger partial charge is 0.179 e. The Morgan fingerprint density at radius 1 is 0.875 bits per heavy atom. The number of rotatable bonds is 3. The molecule has 16 heavy (non-hydrogen) atoms. The molecule has 0 N–H and O–H groups in total. The van der Waals surface area contributed by atoms with Crippen LogP contribution in [0.5, 0.6) is 0 Å².